The summed E-state index contributed by atoms with van der Waals surface area (Å²) in [6.45, 7) is 2.31. The van der Waals surface area contributed by atoms with E-state index in [2.05, 4.69) is 22.2 Å². The predicted molar refractivity (Wildman–Crippen MR) is 80.5 cm³/mol. The summed E-state index contributed by atoms with van der Waals surface area (Å²) in [5.74, 6) is 3.69. The number of rotatable bonds is 3. The van der Waals surface area contributed by atoms with Gasteiger partial charge in [-0.25, -0.2) is 9.97 Å². The van der Waals surface area contributed by atoms with E-state index >= 15 is 0 Å². The van der Waals surface area contributed by atoms with Crippen LogP contribution in [0, 0.1) is 17.8 Å². The normalized spacial score (nSPS) is 30.0. The molecule has 4 nitrogen and oxygen atoms in total. The van der Waals surface area contributed by atoms with Crippen LogP contribution in [0.15, 0.2) is 18.6 Å². The summed E-state index contributed by atoms with van der Waals surface area (Å²) >= 11 is 0. The van der Waals surface area contributed by atoms with Gasteiger partial charge in [0.05, 0.1) is 11.8 Å². The van der Waals surface area contributed by atoms with Crippen molar-refractivity contribution in [2.75, 3.05) is 5.32 Å². The zero-order chi connectivity index (χ0) is 13.7. The highest BCUT2D eigenvalue weighted by atomic mass is 15.1. The van der Waals surface area contributed by atoms with Crippen molar-refractivity contribution in [3.8, 4) is 0 Å². The van der Waals surface area contributed by atoms with Gasteiger partial charge < -0.3 is 9.88 Å². The van der Waals surface area contributed by atoms with Crippen molar-refractivity contribution in [3.63, 3.8) is 0 Å². The Bertz CT molecular complexity index is 632. The second-order valence-electron chi connectivity index (χ2n) is 6.65. The first-order valence-electron chi connectivity index (χ1n) is 7.75. The second kappa shape index (κ2) is 4.47. The fourth-order valence-electron chi connectivity index (χ4n) is 4.40. The van der Waals surface area contributed by atoms with Gasteiger partial charge in [-0.2, -0.15) is 0 Å². The molecular weight excluding hydrogens is 248 g/mol. The Hall–Kier alpha value is -1.58. The van der Waals surface area contributed by atoms with Crippen molar-refractivity contribution in [1.29, 1.82) is 0 Å². The number of aryl methyl sites for hydroxylation is 1. The fraction of sp³-hybridized carbons (Fsp3) is 0.625. The molecule has 4 heteroatoms. The van der Waals surface area contributed by atoms with Gasteiger partial charge in [0, 0.05) is 19.3 Å². The molecule has 2 aliphatic rings. The Kier molecular flexibility index (Phi) is 2.72. The van der Waals surface area contributed by atoms with Crippen molar-refractivity contribution in [2.24, 2.45) is 24.8 Å². The molecule has 2 saturated carbocycles. The van der Waals surface area contributed by atoms with E-state index in [-0.39, 0.29) is 0 Å². The molecule has 2 aromatic rings. The maximum absolute atomic E-state index is 4.51. The summed E-state index contributed by atoms with van der Waals surface area (Å²) in [7, 11) is 2.03. The lowest BCUT2D eigenvalue weighted by Crippen LogP contribution is -2.30. The monoisotopic (exact) mass is 270 g/mol. The lowest BCUT2D eigenvalue weighted by Gasteiger charge is -2.28. The van der Waals surface area contributed by atoms with Gasteiger partial charge in [0.15, 0.2) is 5.82 Å². The molecule has 4 unspecified atom stereocenters. The van der Waals surface area contributed by atoms with Crippen LogP contribution in [0.2, 0.25) is 0 Å². The fourth-order valence-corrected chi connectivity index (χ4v) is 4.40. The molecule has 2 aromatic heterocycles. The van der Waals surface area contributed by atoms with E-state index < -0.39 is 0 Å². The zero-order valence-electron chi connectivity index (χ0n) is 12.2. The van der Waals surface area contributed by atoms with Crippen LogP contribution in [0.1, 0.15) is 32.6 Å². The third-order valence-corrected chi connectivity index (χ3v) is 5.44. The highest BCUT2D eigenvalue weighted by Gasteiger charge is 2.41. The topological polar surface area (TPSA) is 42.7 Å². The summed E-state index contributed by atoms with van der Waals surface area (Å²) in [5, 5.41) is 3.64. The van der Waals surface area contributed by atoms with Crippen molar-refractivity contribution < 1.29 is 0 Å². The Balaban J connectivity index is 1.58. The van der Waals surface area contributed by atoms with E-state index in [1.165, 1.54) is 25.7 Å². The minimum atomic E-state index is 0.491. The first-order chi connectivity index (χ1) is 9.72. The molecule has 0 radical (unpaired) electrons. The maximum atomic E-state index is 4.51. The molecule has 4 rings (SSSR count). The lowest BCUT2D eigenvalue weighted by molar-refractivity contribution is 0.304. The smallest absolute Gasteiger partial charge is 0.154 e. The summed E-state index contributed by atoms with van der Waals surface area (Å²) in [6, 6.07) is 2.51. The molecule has 0 saturated heterocycles. The van der Waals surface area contributed by atoms with E-state index in [0.717, 1.165) is 34.6 Å². The van der Waals surface area contributed by atoms with Crippen molar-refractivity contribution >= 4 is 16.9 Å². The number of fused-ring (bicyclic) bond motifs is 3. The third-order valence-electron chi connectivity index (χ3n) is 5.44. The molecule has 0 amide bonds. The largest absolute Gasteiger partial charge is 0.365 e. The molecule has 2 bridgehead atoms. The quantitative estimate of drug-likeness (QED) is 0.931. The van der Waals surface area contributed by atoms with E-state index in [0.29, 0.717) is 6.04 Å². The molecule has 1 N–H and O–H groups in total. The van der Waals surface area contributed by atoms with Gasteiger partial charge in [-0.05, 0) is 50.0 Å². The number of imidazole rings is 1. The minimum absolute atomic E-state index is 0.491. The molecule has 0 aromatic carbocycles. The number of hydrogen-bond acceptors (Lipinski definition) is 3. The molecule has 0 aliphatic heterocycles. The number of hydrogen-bond donors (Lipinski definition) is 1. The highest BCUT2D eigenvalue weighted by molar-refractivity contribution is 5.85. The number of anilines is 1. The Morgan fingerprint density at radius 1 is 1.30 bits per heavy atom. The lowest BCUT2D eigenvalue weighted by atomic mass is 9.84. The summed E-state index contributed by atoms with van der Waals surface area (Å²) in [4.78, 5) is 8.99. The third kappa shape index (κ3) is 1.81. The van der Waals surface area contributed by atoms with Gasteiger partial charge in [0.1, 0.15) is 5.52 Å². The molecule has 2 fully saturated rings. The van der Waals surface area contributed by atoms with Crippen molar-refractivity contribution in [3.05, 3.63) is 18.6 Å². The van der Waals surface area contributed by atoms with Crippen LogP contribution >= 0.6 is 0 Å². The van der Waals surface area contributed by atoms with Crippen LogP contribution in [0.4, 0.5) is 5.82 Å². The average molecular weight is 270 g/mol. The average Bonchev–Trinajstić information content (AvgIpc) is 3.15. The first kappa shape index (κ1) is 12.2. The van der Waals surface area contributed by atoms with Crippen LogP contribution in [0.3, 0.4) is 0 Å². The molecule has 106 valence electrons. The van der Waals surface area contributed by atoms with Gasteiger partial charge in [-0.15, -0.1) is 0 Å². The van der Waals surface area contributed by atoms with E-state index in [1.54, 1.807) is 0 Å². The Morgan fingerprint density at radius 3 is 2.95 bits per heavy atom. The highest BCUT2D eigenvalue weighted by Crippen LogP contribution is 2.49. The van der Waals surface area contributed by atoms with Crippen LogP contribution in [0.5, 0.6) is 0 Å². The van der Waals surface area contributed by atoms with Gasteiger partial charge in [0.2, 0.25) is 0 Å². The van der Waals surface area contributed by atoms with Crippen molar-refractivity contribution in [2.45, 2.75) is 38.6 Å². The van der Waals surface area contributed by atoms with Gasteiger partial charge in [-0.1, -0.05) is 6.42 Å². The first-order valence-corrected chi connectivity index (χ1v) is 7.75. The molecular formula is C16H22N4. The standard InChI is InChI=1S/C16H22N4/c1-10(13-8-11-3-4-12(13)7-11)19-16-15-14(5-6-17-16)20(2)9-18-15/h5-6,9-13H,3-4,7-8H2,1-2H3,(H,17,19). The van der Waals surface area contributed by atoms with Crippen LogP contribution < -0.4 is 5.32 Å². The Labute approximate surface area is 119 Å². The Morgan fingerprint density at radius 2 is 2.20 bits per heavy atom. The number of nitrogens with zero attached hydrogens (tertiary/aromatic N) is 3. The van der Waals surface area contributed by atoms with Gasteiger partial charge >= 0.3 is 0 Å². The number of pyridine rings is 1. The van der Waals surface area contributed by atoms with Crippen LogP contribution in [0.25, 0.3) is 11.0 Å². The van der Waals surface area contributed by atoms with Gasteiger partial charge in [0.25, 0.3) is 0 Å². The van der Waals surface area contributed by atoms with E-state index in [1.807, 2.05) is 30.2 Å². The summed E-state index contributed by atoms with van der Waals surface area (Å²) < 4.78 is 2.05. The predicted octanol–water partition coefficient (Wildman–Crippen LogP) is 3.20. The summed E-state index contributed by atoms with van der Waals surface area (Å²) in [6.07, 6.45) is 9.49. The van der Waals surface area contributed by atoms with Crippen LogP contribution in [-0.4, -0.2) is 20.6 Å². The molecule has 20 heavy (non-hydrogen) atoms. The SMILES string of the molecule is CC(Nc1nccc2c1ncn2C)C1CC2CCC1C2. The number of nitrogens with one attached hydrogen (secondary N) is 1. The van der Waals surface area contributed by atoms with Crippen molar-refractivity contribution in [1.82, 2.24) is 14.5 Å². The summed E-state index contributed by atoms with van der Waals surface area (Å²) in [5.41, 5.74) is 2.13. The van der Waals surface area contributed by atoms with E-state index in [9.17, 15) is 0 Å². The second-order valence-corrected chi connectivity index (χ2v) is 6.65. The molecule has 4 atom stereocenters. The number of aromatic nitrogens is 3. The molecule has 0 spiro atoms. The minimum Gasteiger partial charge on any atom is -0.365 e. The maximum Gasteiger partial charge on any atom is 0.154 e. The van der Waals surface area contributed by atoms with Crippen LogP contribution in [-0.2, 0) is 7.05 Å². The molecule has 2 heterocycles. The molecule has 2 aliphatic carbocycles. The van der Waals surface area contributed by atoms with Gasteiger partial charge in [-0.3, -0.25) is 0 Å². The zero-order valence-corrected chi connectivity index (χ0v) is 12.2. The van der Waals surface area contributed by atoms with E-state index in [4.69, 9.17) is 0 Å².